The van der Waals surface area contributed by atoms with Crippen LogP contribution in [0.2, 0.25) is 0 Å². The molecule has 4 N–H and O–H groups in total. The van der Waals surface area contributed by atoms with Crippen molar-refractivity contribution in [2.24, 2.45) is 5.92 Å². The molecule has 8 heteroatoms. The molecule has 0 saturated heterocycles. The lowest BCUT2D eigenvalue weighted by Gasteiger charge is -2.16. The van der Waals surface area contributed by atoms with Gasteiger partial charge in [-0.25, -0.2) is 0 Å². The van der Waals surface area contributed by atoms with Crippen LogP contribution >= 0.6 is 0 Å². The normalized spacial score (nSPS) is 13.9. The van der Waals surface area contributed by atoms with Gasteiger partial charge in [0.1, 0.15) is 19.0 Å². The molecule has 0 spiro atoms. The summed E-state index contributed by atoms with van der Waals surface area (Å²) in [7, 11) is 0. The van der Waals surface area contributed by atoms with Gasteiger partial charge in [0.2, 0.25) is 5.91 Å². The van der Waals surface area contributed by atoms with Crippen LogP contribution in [0.3, 0.4) is 0 Å². The minimum atomic E-state index is -1.43. The highest BCUT2D eigenvalue weighted by atomic mass is 16.5. The Morgan fingerprint density at radius 1 is 0.968 bits per heavy atom. The molecule has 2 aromatic rings. The second-order valence-corrected chi connectivity index (χ2v) is 7.39. The van der Waals surface area contributed by atoms with Crippen molar-refractivity contribution in [3.63, 3.8) is 0 Å². The van der Waals surface area contributed by atoms with E-state index < -0.39 is 30.2 Å². The number of hydrogen-bond acceptors (Lipinski definition) is 6. The maximum atomic E-state index is 12.6. The Bertz CT molecular complexity index is 907. The van der Waals surface area contributed by atoms with Gasteiger partial charge in [0, 0.05) is 12.1 Å². The first-order chi connectivity index (χ1) is 15.0. The van der Waals surface area contributed by atoms with Crippen molar-refractivity contribution in [1.82, 2.24) is 10.6 Å². The van der Waals surface area contributed by atoms with Crippen LogP contribution < -0.4 is 15.4 Å². The number of ether oxygens (including phenoxy) is 1. The molecule has 1 saturated carbocycles. The number of nitrogens with one attached hydrogen (secondary N) is 2. The summed E-state index contributed by atoms with van der Waals surface area (Å²) in [6.07, 6.45) is 2.08. The molecule has 0 radical (unpaired) electrons. The molecule has 1 fully saturated rings. The molecule has 2 amide bonds. The van der Waals surface area contributed by atoms with Crippen LogP contribution in [0.4, 0.5) is 0 Å². The van der Waals surface area contributed by atoms with Gasteiger partial charge in [-0.2, -0.15) is 0 Å². The highest BCUT2D eigenvalue weighted by molar-refractivity contribution is 6.10. The van der Waals surface area contributed by atoms with Gasteiger partial charge < -0.3 is 25.6 Å². The molecule has 1 aliphatic carbocycles. The van der Waals surface area contributed by atoms with Crippen molar-refractivity contribution in [3.8, 4) is 16.9 Å². The molecule has 1 atom stereocenters. The summed E-state index contributed by atoms with van der Waals surface area (Å²) in [5, 5.41) is 23.0. The first-order valence-corrected chi connectivity index (χ1v) is 10.2. The third-order valence-electron chi connectivity index (χ3n) is 4.97. The second-order valence-electron chi connectivity index (χ2n) is 7.39. The quantitative estimate of drug-likeness (QED) is 0.396. The average molecular weight is 426 g/mol. The van der Waals surface area contributed by atoms with Crippen molar-refractivity contribution in [2.75, 3.05) is 26.4 Å². The first-order valence-electron chi connectivity index (χ1n) is 10.2. The van der Waals surface area contributed by atoms with E-state index in [-0.39, 0.29) is 18.8 Å². The highest BCUT2D eigenvalue weighted by Crippen LogP contribution is 2.27. The Hall–Kier alpha value is -3.23. The fraction of sp³-hybridized carbons (Fsp3) is 0.348. The van der Waals surface area contributed by atoms with E-state index in [2.05, 4.69) is 10.6 Å². The topological polar surface area (TPSA) is 125 Å². The SMILES string of the molecule is O=C(NC(C(=O)CO)C(=O)NCC1CC1)c1ccc(-c2ccc(OCCO)cc2)cc1. The van der Waals surface area contributed by atoms with Crippen molar-refractivity contribution in [2.45, 2.75) is 18.9 Å². The summed E-state index contributed by atoms with van der Waals surface area (Å²) in [6, 6.07) is 12.6. The van der Waals surface area contributed by atoms with E-state index in [0.29, 0.717) is 18.2 Å². The van der Waals surface area contributed by atoms with E-state index in [0.717, 1.165) is 24.0 Å². The van der Waals surface area contributed by atoms with Crippen molar-refractivity contribution in [3.05, 3.63) is 54.1 Å². The van der Waals surface area contributed by atoms with E-state index >= 15 is 0 Å². The van der Waals surface area contributed by atoms with E-state index in [1.165, 1.54) is 0 Å². The van der Waals surface area contributed by atoms with Gasteiger partial charge in [0.25, 0.3) is 5.91 Å². The Kier molecular flexibility index (Phi) is 7.75. The fourth-order valence-electron chi connectivity index (χ4n) is 2.99. The van der Waals surface area contributed by atoms with Gasteiger partial charge in [-0.3, -0.25) is 14.4 Å². The average Bonchev–Trinajstić information content (AvgIpc) is 3.64. The van der Waals surface area contributed by atoms with E-state index in [9.17, 15) is 14.4 Å². The smallest absolute Gasteiger partial charge is 0.252 e. The van der Waals surface area contributed by atoms with E-state index in [4.69, 9.17) is 14.9 Å². The minimum absolute atomic E-state index is 0.0573. The molecule has 0 aromatic heterocycles. The third-order valence-corrected chi connectivity index (χ3v) is 4.97. The molecule has 3 rings (SSSR count). The summed E-state index contributed by atoms with van der Waals surface area (Å²) in [5.41, 5.74) is 2.07. The second kappa shape index (κ2) is 10.7. The number of amides is 2. The maximum absolute atomic E-state index is 12.6. The Labute approximate surface area is 180 Å². The fourth-order valence-corrected chi connectivity index (χ4v) is 2.99. The zero-order valence-electron chi connectivity index (χ0n) is 17.0. The van der Waals surface area contributed by atoms with Crippen LogP contribution in [-0.2, 0) is 9.59 Å². The number of benzene rings is 2. The van der Waals surface area contributed by atoms with Gasteiger partial charge in [-0.05, 0) is 54.2 Å². The molecule has 2 aromatic carbocycles. The van der Waals surface area contributed by atoms with Crippen LogP contribution in [0, 0.1) is 5.92 Å². The lowest BCUT2D eigenvalue weighted by molar-refractivity contribution is -0.132. The molecular weight excluding hydrogens is 400 g/mol. The molecule has 0 bridgehead atoms. The van der Waals surface area contributed by atoms with Crippen molar-refractivity contribution >= 4 is 17.6 Å². The van der Waals surface area contributed by atoms with E-state index in [1.807, 2.05) is 12.1 Å². The first kappa shape index (κ1) is 22.5. The monoisotopic (exact) mass is 426 g/mol. The number of ketones is 1. The molecule has 8 nitrogen and oxygen atoms in total. The number of rotatable bonds is 11. The van der Waals surface area contributed by atoms with Crippen LogP contribution in [-0.4, -0.2) is 60.2 Å². The van der Waals surface area contributed by atoms with Crippen LogP contribution in [0.15, 0.2) is 48.5 Å². The van der Waals surface area contributed by atoms with Gasteiger partial charge in [0.05, 0.1) is 6.61 Å². The van der Waals surface area contributed by atoms with Crippen LogP contribution in [0.5, 0.6) is 5.75 Å². The molecule has 31 heavy (non-hydrogen) atoms. The van der Waals surface area contributed by atoms with Gasteiger partial charge in [-0.1, -0.05) is 24.3 Å². The largest absolute Gasteiger partial charge is 0.491 e. The number of carbonyl (C=O) groups is 3. The molecule has 164 valence electrons. The summed E-state index contributed by atoms with van der Waals surface area (Å²) in [5.74, 6) is -0.880. The number of carbonyl (C=O) groups excluding carboxylic acids is 3. The van der Waals surface area contributed by atoms with Crippen LogP contribution in [0.1, 0.15) is 23.2 Å². The zero-order valence-corrected chi connectivity index (χ0v) is 17.0. The summed E-state index contributed by atoms with van der Waals surface area (Å²) in [4.78, 5) is 36.8. The molecule has 0 heterocycles. The Morgan fingerprint density at radius 2 is 1.58 bits per heavy atom. The number of hydrogen-bond donors (Lipinski definition) is 4. The van der Waals surface area contributed by atoms with Gasteiger partial charge >= 0.3 is 0 Å². The highest BCUT2D eigenvalue weighted by Gasteiger charge is 2.30. The third kappa shape index (κ3) is 6.37. The number of aliphatic hydroxyl groups is 2. The molecular formula is C23H26N2O6. The maximum Gasteiger partial charge on any atom is 0.252 e. The summed E-state index contributed by atoms with van der Waals surface area (Å²) >= 11 is 0. The Balaban J connectivity index is 1.63. The van der Waals surface area contributed by atoms with Crippen molar-refractivity contribution < 1.29 is 29.3 Å². The Morgan fingerprint density at radius 3 is 2.13 bits per heavy atom. The molecule has 1 unspecified atom stereocenters. The predicted molar refractivity (Wildman–Crippen MR) is 114 cm³/mol. The van der Waals surface area contributed by atoms with Gasteiger partial charge in [-0.15, -0.1) is 0 Å². The lowest BCUT2D eigenvalue weighted by Crippen LogP contribution is -2.52. The summed E-state index contributed by atoms with van der Waals surface area (Å²) in [6.45, 7) is -0.207. The predicted octanol–water partition coefficient (Wildman–Crippen LogP) is 0.911. The van der Waals surface area contributed by atoms with E-state index in [1.54, 1.807) is 36.4 Å². The number of aliphatic hydroxyl groups excluding tert-OH is 2. The molecule has 0 aliphatic heterocycles. The van der Waals surface area contributed by atoms with Crippen LogP contribution in [0.25, 0.3) is 11.1 Å². The number of Topliss-reactive ketones (excluding diaryl/α,β-unsaturated/α-hetero) is 1. The standard InChI is InChI=1S/C23H26N2O6/c26-11-12-31-19-9-7-17(8-10-19)16-3-5-18(6-4-16)22(29)25-21(20(28)14-27)23(30)24-13-15-1-2-15/h3-10,15,21,26-27H,1-2,11-14H2,(H,24,30)(H,25,29). The van der Waals surface area contributed by atoms with Crippen molar-refractivity contribution in [1.29, 1.82) is 0 Å². The molecule has 1 aliphatic rings. The summed E-state index contributed by atoms with van der Waals surface area (Å²) < 4.78 is 5.33. The van der Waals surface area contributed by atoms with Gasteiger partial charge in [0.15, 0.2) is 11.8 Å². The lowest BCUT2D eigenvalue weighted by atomic mass is 10.0. The zero-order chi connectivity index (χ0) is 22.2. The minimum Gasteiger partial charge on any atom is -0.491 e.